The molecule has 0 unspecified atom stereocenters. The molecule has 1 aliphatic heterocycles. The Morgan fingerprint density at radius 3 is 2.42 bits per heavy atom. The largest absolute Gasteiger partial charge is 0.465 e. The maximum atomic E-state index is 13.0. The molecule has 0 spiro atoms. The van der Waals surface area contributed by atoms with Crippen LogP contribution in [0, 0.1) is 0 Å². The fraction of sp³-hybridized carbons (Fsp3) is 0.333. The number of nitrogens with zero attached hydrogens (tertiary/aromatic N) is 3. The molecule has 1 fully saturated rings. The molecule has 0 saturated carbocycles. The van der Waals surface area contributed by atoms with Gasteiger partial charge in [0.25, 0.3) is 0 Å². The highest BCUT2D eigenvalue weighted by Gasteiger charge is 2.38. The lowest BCUT2D eigenvalue weighted by molar-refractivity contribution is -0.141. The van der Waals surface area contributed by atoms with Gasteiger partial charge in [0.1, 0.15) is 5.82 Å². The second kappa shape index (κ2) is 6.01. The summed E-state index contributed by atoms with van der Waals surface area (Å²) >= 11 is 5.72. The van der Waals surface area contributed by atoms with E-state index in [9.17, 15) is 18.0 Å². The van der Waals surface area contributed by atoms with Crippen molar-refractivity contribution >= 4 is 17.7 Å². The Balaban J connectivity index is 1.97. The highest BCUT2D eigenvalue weighted by molar-refractivity contribution is 6.17. The summed E-state index contributed by atoms with van der Waals surface area (Å²) in [6.45, 7) is 0.269. The van der Waals surface area contributed by atoms with Crippen LogP contribution in [0.3, 0.4) is 0 Å². The van der Waals surface area contributed by atoms with Crippen molar-refractivity contribution in [3.63, 3.8) is 0 Å². The van der Waals surface area contributed by atoms with Crippen molar-refractivity contribution in [1.29, 1.82) is 0 Å². The van der Waals surface area contributed by atoms with Crippen LogP contribution in [0.5, 0.6) is 0 Å². The van der Waals surface area contributed by atoms with E-state index in [1.165, 1.54) is 4.57 Å². The summed E-state index contributed by atoms with van der Waals surface area (Å²) in [5.74, 6) is 0.470. The monoisotopic (exact) mass is 359 g/mol. The van der Waals surface area contributed by atoms with Crippen LogP contribution in [0.1, 0.15) is 17.3 Å². The summed E-state index contributed by atoms with van der Waals surface area (Å²) in [6.07, 6.45) is -4.71. The summed E-state index contributed by atoms with van der Waals surface area (Å²) in [5, 5.41) is 8.88. The maximum Gasteiger partial charge on any atom is 0.434 e. The lowest BCUT2D eigenvalue weighted by Gasteiger charge is -2.38. The summed E-state index contributed by atoms with van der Waals surface area (Å²) < 4.78 is 40.4. The van der Waals surface area contributed by atoms with Crippen LogP contribution in [-0.4, -0.2) is 38.7 Å². The zero-order chi connectivity index (χ0) is 17.5. The van der Waals surface area contributed by atoms with Crippen LogP contribution < -0.4 is 0 Å². The number of amides is 1. The van der Waals surface area contributed by atoms with Gasteiger partial charge >= 0.3 is 12.3 Å². The van der Waals surface area contributed by atoms with Crippen LogP contribution >= 0.6 is 11.6 Å². The first-order valence-corrected chi connectivity index (χ1v) is 7.62. The molecule has 1 amide bonds. The molecule has 1 N–H and O–H groups in total. The number of carbonyl (C=O) groups is 1. The molecule has 0 radical (unpaired) electrons. The van der Waals surface area contributed by atoms with Gasteiger partial charge in [-0.05, 0) is 5.56 Å². The number of likely N-dealkylation sites (tertiary alicyclic amines) is 1. The van der Waals surface area contributed by atoms with Gasteiger partial charge in [-0.3, -0.25) is 0 Å². The first kappa shape index (κ1) is 16.6. The molecule has 0 aliphatic carbocycles. The molecule has 0 bridgehead atoms. The van der Waals surface area contributed by atoms with Crippen molar-refractivity contribution in [2.45, 2.75) is 18.1 Å². The first-order chi connectivity index (χ1) is 11.3. The number of hydrogen-bond donors (Lipinski definition) is 1. The average Bonchev–Trinajstić information content (AvgIpc) is 2.90. The van der Waals surface area contributed by atoms with Crippen LogP contribution in [-0.2, 0) is 12.1 Å². The summed E-state index contributed by atoms with van der Waals surface area (Å²) in [5.41, 5.74) is 0.371. The van der Waals surface area contributed by atoms with Gasteiger partial charge in [0.05, 0.1) is 6.04 Å². The smallest absolute Gasteiger partial charge is 0.434 e. The second-order valence-electron chi connectivity index (χ2n) is 5.53. The molecule has 128 valence electrons. The van der Waals surface area contributed by atoms with E-state index < -0.39 is 18.0 Å². The minimum atomic E-state index is -4.56. The fourth-order valence-electron chi connectivity index (χ4n) is 2.55. The molecule has 1 aliphatic rings. The minimum Gasteiger partial charge on any atom is -0.465 e. The third kappa shape index (κ3) is 3.06. The number of benzene rings is 1. The standard InChI is InChI=1S/C15H13ClF3N3O2/c16-5-9-1-3-10(4-2-9)13-20-12(15(17,18)19)8-22(13)11-6-21(7-11)14(23)24/h1-4,8,11H,5-7H2,(H,23,24). The number of rotatable bonds is 3. The number of imidazole rings is 1. The highest BCUT2D eigenvalue weighted by atomic mass is 35.5. The van der Waals surface area contributed by atoms with Crippen LogP contribution in [0.25, 0.3) is 11.4 Å². The zero-order valence-corrected chi connectivity index (χ0v) is 13.1. The third-order valence-corrected chi connectivity index (χ3v) is 4.22. The lowest BCUT2D eigenvalue weighted by Crippen LogP contribution is -2.50. The number of alkyl halides is 4. The Morgan fingerprint density at radius 1 is 1.29 bits per heavy atom. The van der Waals surface area contributed by atoms with E-state index >= 15 is 0 Å². The normalized spacial score (nSPS) is 15.4. The quantitative estimate of drug-likeness (QED) is 0.847. The van der Waals surface area contributed by atoms with Gasteiger partial charge in [0.15, 0.2) is 5.69 Å². The van der Waals surface area contributed by atoms with Crippen molar-refractivity contribution < 1.29 is 23.1 Å². The van der Waals surface area contributed by atoms with Gasteiger partial charge in [-0.1, -0.05) is 24.3 Å². The van der Waals surface area contributed by atoms with Crippen molar-refractivity contribution in [3.8, 4) is 11.4 Å². The van der Waals surface area contributed by atoms with Gasteiger partial charge in [-0.2, -0.15) is 13.2 Å². The van der Waals surface area contributed by atoms with Gasteiger partial charge < -0.3 is 14.6 Å². The Morgan fingerprint density at radius 2 is 1.92 bits per heavy atom. The van der Waals surface area contributed by atoms with E-state index in [-0.39, 0.29) is 25.0 Å². The van der Waals surface area contributed by atoms with Crippen molar-refractivity contribution in [2.75, 3.05) is 13.1 Å². The molecule has 24 heavy (non-hydrogen) atoms. The molecule has 1 saturated heterocycles. The van der Waals surface area contributed by atoms with Gasteiger partial charge in [0.2, 0.25) is 0 Å². The van der Waals surface area contributed by atoms with E-state index in [1.807, 2.05) is 0 Å². The Kier molecular flexibility index (Phi) is 4.16. The van der Waals surface area contributed by atoms with E-state index in [2.05, 4.69) is 4.98 Å². The number of halogens is 4. The maximum absolute atomic E-state index is 13.0. The Bertz CT molecular complexity index is 752. The molecule has 2 heterocycles. The number of carboxylic acid groups (broad SMARTS) is 1. The molecule has 0 atom stereocenters. The predicted octanol–water partition coefficient (Wildman–Crippen LogP) is 3.84. The van der Waals surface area contributed by atoms with E-state index in [1.54, 1.807) is 24.3 Å². The molecule has 5 nitrogen and oxygen atoms in total. The molecule has 3 rings (SSSR count). The molecule has 1 aromatic carbocycles. The van der Waals surface area contributed by atoms with Crippen LogP contribution in [0.2, 0.25) is 0 Å². The summed E-state index contributed by atoms with van der Waals surface area (Å²) in [4.78, 5) is 15.7. The molecular weight excluding hydrogens is 347 g/mol. The Labute approximate surface area is 140 Å². The van der Waals surface area contributed by atoms with Crippen LogP contribution in [0.4, 0.5) is 18.0 Å². The Hall–Kier alpha value is -2.22. The van der Waals surface area contributed by atoms with E-state index in [4.69, 9.17) is 16.7 Å². The molecule has 1 aromatic heterocycles. The lowest BCUT2D eigenvalue weighted by atomic mass is 10.1. The summed E-state index contributed by atoms with van der Waals surface area (Å²) in [6, 6.07) is 6.39. The number of aromatic nitrogens is 2. The molecule has 2 aromatic rings. The van der Waals surface area contributed by atoms with Crippen molar-refractivity contribution in [1.82, 2.24) is 14.5 Å². The van der Waals surface area contributed by atoms with E-state index in [0.29, 0.717) is 11.4 Å². The van der Waals surface area contributed by atoms with E-state index in [0.717, 1.165) is 16.7 Å². The van der Waals surface area contributed by atoms with Crippen LogP contribution in [0.15, 0.2) is 30.5 Å². The van der Waals surface area contributed by atoms with Gasteiger partial charge in [0, 0.05) is 30.7 Å². The molecular formula is C15H13ClF3N3O2. The fourth-order valence-corrected chi connectivity index (χ4v) is 2.73. The zero-order valence-electron chi connectivity index (χ0n) is 12.3. The predicted molar refractivity (Wildman–Crippen MR) is 80.9 cm³/mol. The molecule has 9 heteroatoms. The van der Waals surface area contributed by atoms with Gasteiger partial charge in [-0.15, -0.1) is 11.6 Å². The average molecular weight is 360 g/mol. The van der Waals surface area contributed by atoms with Crippen molar-refractivity contribution in [3.05, 3.63) is 41.7 Å². The van der Waals surface area contributed by atoms with Gasteiger partial charge in [-0.25, -0.2) is 9.78 Å². The SMILES string of the molecule is O=C(O)N1CC(n2cc(C(F)(F)F)nc2-c2ccc(CCl)cc2)C1. The van der Waals surface area contributed by atoms with Crippen molar-refractivity contribution in [2.24, 2.45) is 0 Å². The third-order valence-electron chi connectivity index (χ3n) is 3.92. The second-order valence-corrected chi connectivity index (χ2v) is 5.79. The highest BCUT2D eigenvalue weighted by Crippen LogP contribution is 2.34. The minimum absolute atomic E-state index is 0.135. The topological polar surface area (TPSA) is 58.4 Å². The summed E-state index contributed by atoms with van der Waals surface area (Å²) in [7, 11) is 0. The first-order valence-electron chi connectivity index (χ1n) is 7.09. The number of hydrogen-bond acceptors (Lipinski definition) is 2.